The second-order valence-electron chi connectivity index (χ2n) is 7.01. The van der Waals surface area contributed by atoms with E-state index in [0.717, 1.165) is 37.7 Å². The number of furan rings is 1. The Kier molecular flexibility index (Phi) is 5.39. The van der Waals surface area contributed by atoms with E-state index in [0.29, 0.717) is 22.0 Å². The zero-order valence-electron chi connectivity index (χ0n) is 16.9. The second kappa shape index (κ2) is 8.50. The van der Waals surface area contributed by atoms with Crippen molar-refractivity contribution in [2.24, 2.45) is 0 Å². The van der Waals surface area contributed by atoms with E-state index in [1.54, 1.807) is 13.3 Å². The van der Waals surface area contributed by atoms with Gasteiger partial charge in [0.15, 0.2) is 0 Å². The molecule has 0 saturated carbocycles. The van der Waals surface area contributed by atoms with Crippen LogP contribution in [0.5, 0.6) is 5.75 Å². The molecule has 0 unspecified atom stereocenters. The Balaban J connectivity index is 1.47. The summed E-state index contributed by atoms with van der Waals surface area (Å²) in [6.45, 7) is 0. The minimum atomic E-state index is 0.435. The van der Waals surface area contributed by atoms with E-state index in [1.807, 2.05) is 66.0 Å². The third-order valence-electron chi connectivity index (χ3n) is 5.07. The van der Waals surface area contributed by atoms with E-state index in [4.69, 9.17) is 9.15 Å². The number of anilines is 1. The molecule has 3 aromatic carbocycles. The Morgan fingerprint density at radius 2 is 1.94 bits per heavy atom. The highest BCUT2D eigenvalue weighted by molar-refractivity contribution is 9.10. The maximum Gasteiger partial charge on any atom is 0.143 e. The molecule has 7 heteroatoms. The zero-order valence-corrected chi connectivity index (χ0v) is 19.3. The van der Waals surface area contributed by atoms with Gasteiger partial charge >= 0.3 is 0 Å². The van der Waals surface area contributed by atoms with Gasteiger partial charge in [-0.3, -0.25) is 0 Å². The number of fused-ring (bicyclic) bond motifs is 3. The Bertz CT molecular complexity index is 1510. The van der Waals surface area contributed by atoms with Crippen LogP contribution in [0, 0.1) is 11.3 Å². The van der Waals surface area contributed by atoms with Crippen molar-refractivity contribution in [3.05, 3.63) is 81.7 Å². The molecule has 0 aliphatic carbocycles. The van der Waals surface area contributed by atoms with Crippen molar-refractivity contribution in [2.45, 2.75) is 0 Å². The highest BCUT2D eigenvalue weighted by atomic mass is 79.9. The third kappa shape index (κ3) is 3.75. The summed E-state index contributed by atoms with van der Waals surface area (Å²) in [7, 11) is 1.62. The molecule has 0 fully saturated rings. The van der Waals surface area contributed by atoms with Crippen molar-refractivity contribution < 1.29 is 9.15 Å². The van der Waals surface area contributed by atoms with Crippen molar-refractivity contribution in [1.82, 2.24) is 4.98 Å². The number of allylic oxidation sites excluding steroid dienone is 1. The lowest BCUT2D eigenvalue weighted by Gasteiger charge is -2.08. The maximum absolute atomic E-state index is 9.72. The summed E-state index contributed by atoms with van der Waals surface area (Å²) in [6, 6.07) is 21.9. The summed E-state index contributed by atoms with van der Waals surface area (Å²) in [5.74, 6) is 0.660. The van der Waals surface area contributed by atoms with Gasteiger partial charge in [0.05, 0.1) is 18.5 Å². The fraction of sp³-hybridized carbons (Fsp3) is 0.0400. The van der Waals surface area contributed by atoms with Crippen LogP contribution in [-0.4, -0.2) is 12.1 Å². The smallest absolute Gasteiger partial charge is 0.143 e. The Morgan fingerprint density at radius 1 is 1.12 bits per heavy atom. The van der Waals surface area contributed by atoms with Gasteiger partial charge in [0.2, 0.25) is 0 Å². The molecule has 5 nitrogen and oxygen atoms in total. The van der Waals surface area contributed by atoms with Crippen LogP contribution in [0.2, 0.25) is 0 Å². The van der Waals surface area contributed by atoms with Crippen molar-refractivity contribution in [3.8, 4) is 23.1 Å². The van der Waals surface area contributed by atoms with E-state index in [9.17, 15) is 5.26 Å². The normalized spacial score (nSPS) is 11.6. The van der Waals surface area contributed by atoms with Crippen LogP contribution in [0.1, 0.15) is 5.01 Å². The van der Waals surface area contributed by atoms with Gasteiger partial charge < -0.3 is 14.5 Å². The number of aromatic nitrogens is 1. The second-order valence-corrected chi connectivity index (χ2v) is 8.78. The van der Waals surface area contributed by atoms with E-state index in [1.165, 1.54) is 11.3 Å². The van der Waals surface area contributed by atoms with E-state index in [-0.39, 0.29) is 0 Å². The molecule has 5 aromatic rings. The van der Waals surface area contributed by atoms with Crippen LogP contribution in [0.15, 0.2) is 81.1 Å². The molecule has 0 amide bonds. The number of thiazole rings is 1. The van der Waals surface area contributed by atoms with E-state index >= 15 is 0 Å². The quantitative estimate of drug-likeness (QED) is 0.253. The van der Waals surface area contributed by atoms with Crippen molar-refractivity contribution in [1.29, 1.82) is 5.26 Å². The third-order valence-corrected chi connectivity index (χ3v) is 6.47. The average Bonchev–Trinajstić information content (AvgIpc) is 3.44. The van der Waals surface area contributed by atoms with Gasteiger partial charge in [0.25, 0.3) is 0 Å². The van der Waals surface area contributed by atoms with E-state index in [2.05, 4.69) is 32.3 Å². The molecule has 32 heavy (non-hydrogen) atoms. The molecular weight excluding hydrogens is 486 g/mol. The van der Waals surface area contributed by atoms with Gasteiger partial charge in [-0.2, -0.15) is 5.26 Å². The van der Waals surface area contributed by atoms with E-state index < -0.39 is 0 Å². The van der Waals surface area contributed by atoms with Gasteiger partial charge in [-0.1, -0.05) is 46.3 Å². The maximum atomic E-state index is 9.72. The summed E-state index contributed by atoms with van der Waals surface area (Å²) >= 11 is 4.87. The number of nitriles is 1. The van der Waals surface area contributed by atoms with Crippen LogP contribution in [0.25, 0.3) is 38.8 Å². The summed E-state index contributed by atoms with van der Waals surface area (Å²) < 4.78 is 12.6. The number of para-hydroxylation sites is 1. The first kappa shape index (κ1) is 20.3. The number of hydrogen-bond donors (Lipinski definition) is 1. The molecule has 156 valence electrons. The molecule has 0 spiro atoms. The largest absolute Gasteiger partial charge is 0.495 e. The summed E-state index contributed by atoms with van der Waals surface area (Å²) in [5, 5.41) is 17.5. The highest BCUT2D eigenvalue weighted by Gasteiger charge is 2.13. The SMILES string of the molecule is COc1cc2c(cc1N/C=C(\C#N)c1nc(-c3ccc(Br)cc3)cs1)oc1ccccc12. The van der Waals surface area contributed by atoms with Gasteiger partial charge in [-0.05, 0) is 24.3 Å². The topological polar surface area (TPSA) is 71.1 Å². The van der Waals surface area contributed by atoms with Crippen LogP contribution in [-0.2, 0) is 0 Å². The number of nitrogens with one attached hydrogen (secondary N) is 1. The number of hydrogen-bond acceptors (Lipinski definition) is 6. The lowest BCUT2D eigenvalue weighted by atomic mass is 10.1. The Hall–Kier alpha value is -3.60. The fourth-order valence-corrected chi connectivity index (χ4v) is 4.53. The number of ether oxygens (including phenoxy) is 1. The average molecular weight is 502 g/mol. The first-order chi connectivity index (χ1) is 15.7. The molecule has 1 N–H and O–H groups in total. The fourth-order valence-electron chi connectivity index (χ4n) is 3.48. The van der Waals surface area contributed by atoms with Crippen molar-refractivity contribution >= 4 is 60.5 Å². The summed E-state index contributed by atoms with van der Waals surface area (Å²) in [4.78, 5) is 4.64. The Labute approximate surface area is 196 Å². The number of halogens is 1. The molecule has 0 aliphatic heterocycles. The van der Waals surface area contributed by atoms with Crippen molar-refractivity contribution in [2.75, 3.05) is 12.4 Å². The lowest BCUT2D eigenvalue weighted by Crippen LogP contribution is -1.95. The molecule has 0 bridgehead atoms. The minimum Gasteiger partial charge on any atom is -0.495 e. The lowest BCUT2D eigenvalue weighted by molar-refractivity contribution is 0.417. The van der Waals surface area contributed by atoms with Gasteiger partial charge in [-0.15, -0.1) is 11.3 Å². The number of methoxy groups -OCH3 is 1. The van der Waals surface area contributed by atoms with Gasteiger partial charge in [0.1, 0.15) is 33.6 Å². The molecule has 0 atom stereocenters. The molecular formula is C25H16BrN3O2S. The van der Waals surface area contributed by atoms with Crippen LogP contribution >= 0.6 is 27.3 Å². The van der Waals surface area contributed by atoms with Crippen LogP contribution < -0.4 is 10.1 Å². The highest BCUT2D eigenvalue weighted by Crippen LogP contribution is 2.36. The standard InChI is InChI=1S/C25H16BrN3O2S/c1-30-24-10-19-18-4-2-3-5-22(18)31-23(19)11-20(24)28-13-16(12-27)25-29-21(14-32-25)15-6-8-17(26)9-7-15/h2-11,13-14,28H,1H3/b16-13+. The first-order valence-electron chi connectivity index (χ1n) is 9.74. The predicted octanol–water partition coefficient (Wildman–Crippen LogP) is 7.46. The number of nitrogens with zero attached hydrogens (tertiary/aromatic N) is 2. The van der Waals surface area contributed by atoms with Gasteiger partial charge in [0, 0.05) is 38.5 Å². The minimum absolute atomic E-state index is 0.435. The summed E-state index contributed by atoms with van der Waals surface area (Å²) in [5.41, 5.74) is 4.53. The zero-order chi connectivity index (χ0) is 22.1. The summed E-state index contributed by atoms with van der Waals surface area (Å²) in [6.07, 6.45) is 1.65. The first-order valence-corrected chi connectivity index (χ1v) is 11.4. The molecule has 0 radical (unpaired) electrons. The van der Waals surface area contributed by atoms with Crippen LogP contribution in [0.3, 0.4) is 0 Å². The number of benzene rings is 3. The predicted molar refractivity (Wildman–Crippen MR) is 133 cm³/mol. The monoisotopic (exact) mass is 501 g/mol. The Morgan fingerprint density at radius 3 is 2.72 bits per heavy atom. The van der Waals surface area contributed by atoms with Crippen molar-refractivity contribution in [3.63, 3.8) is 0 Å². The van der Waals surface area contributed by atoms with Crippen LogP contribution in [0.4, 0.5) is 5.69 Å². The van der Waals surface area contributed by atoms with Gasteiger partial charge in [-0.25, -0.2) is 4.98 Å². The number of rotatable bonds is 5. The molecule has 0 aliphatic rings. The molecule has 0 saturated heterocycles. The molecule has 2 heterocycles. The molecule has 2 aromatic heterocycles. The molecule has 5 rings (SSSR count).